The second kappa shape index (κ2) is 9.72. The minimum atomic E-state index is -1.77. The topological polar surface area (TPSA) is 209 Å². The molecule has 7 N–H and O–H groups in total. The molecule has 2 aromatic carbocycles. The summed E-state index contributed by atoms with van der Waals surface area (Å²) in [6.45, 7) is -0.695. The first-order chi connectivity index (χ1) is 17.1. The molecule has 1 aliphatic rings. The molecule has 13 heteroatoms. The summed E-state index contributed by atoms with van der Waals surface area (Å²) in [5.74, 6) is -2.28. The molecule has 36 heavy (non-hydrogen) atoms. The first-order valence-electron chi connectivity index (χ1n) is 10.6. The fourth-order valence-corrected chi connectivity index (χ4v) is 3.95. The first-order valence-corrected chi connectivity index (χ1v) is 10.6. The molecule has 0 radical (unpaired) electrons. The van der Waals surface area contributed by atoms with Crippen molar-refractivity contribution >= 4 is 11.0 Å². The lowest BCUT2D eigenvalue weighted by atomic mass is 9.99. The Hall–Kier alpha value is -3.75. The van der Waals surface area contributed by atoms with E-state index in [4.69, 9.17) is 23.4 Å². The average Bonchev–Trinajstić information content (AvgIpc) is 2.85. The van der Waals surface area contributed by atoms with Crippen LogP contribution in [-0.2, 0) is 4.74 Å². The zero-order chi connectivity index (χ0) is 26.3. The summed E-state index contributed by atoms with van der Waals surface area (Å²) in [5.41, 5.74) is -0.993. The van der Waals surface area contributed by atoms with Crippen LogP contribution in [0.15, 0.2) is 33.7 Å². The van der Waals surface area contributed by atoms with Crippen molar-refractivity contribution in [1.29, 1.82) is 0 Å². The van der Waals surface area contributed by atoms with E-state index >= 15 is 0 Å². The number of phenols is 3. The smallest absolute Gasteiger partial charge is 0.229 e. The average molecular weight is 508 g/mol. The fourth-order valence-electron chi connectivity index (χ4n) is 3.95. The highest BCUT2D eigenvalue weighted by Gasteiger charge is 2.45. The van der Waals surface area contributed by atoms with Gasteiger partial charge in [0.1, 0.15) is 30.7 Å². The van der Waals surface area contributed by atoms with Gasteiger partial charge in [-0.05, 0) is 23.8 Å². The van der Waals surface area contributed by atoms with Gasteiger partial charge in [0.2, 0.25) is 29.0 Å². The Kier molecular flexibility index (Phi) is 6.84. The fraction of sp³-hybridized carbons (Fsp3) is 0.348. The molecule has 1 aliphatic heterocycles. The lowest BCUT2D eigenvalue weighted by Gasteiger charge is -2.39. The molecule has 3 aromatic rings. The Morgan fingerprint density at radius 1 is 0.917 bits per heavy atom. The number of aliphatic hydroxyl groups is 4. The lowest BCUT2D eigenvalue weighted by molar-refractivity contribution is -0.277. The standard InChI is InChI=1S/C23H24O13/c1-32-21-11(25)3-8(4-12(21)26)10-7-34-20-9(15(10)27)5-13(22(33-2)19(20)31)35-23-18(30)17(29)16(28)14(6-24)36-23/h3-5,7,14,16-18,23-26,28-31H,6H2,1-2H3/t14-,16+,17-,18-,23+/m1/s1. The normalized spacial score (nSPS) is 24.0. The minimum Gasteiger partial charge on any atom is -0.504 e. The van der Waals surface area contributed by atoms with Gasteiger partial charge in [-0.2, -0.15) is 0 Å². The maximum Gasteiger partial charge on any atom is 0.229 e. The highest BCUT2D eigenvalue weighted by Crippen LogP contribution is 2.44. The van der Waals surface area contributed by atoms with Crippen LogP contribution in [0.1, 0.15) is 0 Å². The summed E-state index contributed by atoms with van der Waals surface area (Å²) in [7, 11) is 2.43. The number of methoxy groups -OCH3 is 2. The van der Waals surface area contributed by atoms with Crippen LogP contribution < -0.4 is 19.6 Å². The van der Waals surface area contributed by atoms with E-state index in [0.717, 1.165) is 12.3 Å². The van der Waals surface area contributed by atoms with E-state index in [0.29, 0.717) is 0 Å². The van der Waals surface area contributed by atoms with E-state index in [2.05, 4.69) is 0 Å². The highest BCUT2D eigenvalue weighted by atomic mass is 16.7. The monoisotopic (exact) mass is 508 g/mol. The third-order valence-corrected chi connectivity index (χ3v) is 5.82. The molecular weight excluding hydrogens is 484 g/mol. The summed E-state index contributed by atoms with van der Waals surface area (Å²) in [6, 6.07) is 3.48. The maximum atomic E-state index is 13.3. The molecule has 1 fully saturated rings. The molecule has 0 aliphatic carbocycles. The summed E-state index contributed by atoms with van der Waals surface area (Å²) >= 11 is 0. The number of aliphatic hydroxyl groups excluding tert-OH is 4. The number of rotatable bonds is 6. The number of aromatic hydroxyl groups is 3. The van der Waals surface area contributed by atoms with Crippen LogP contribution in [0.25, 0.3) is 22.1 Å². The zero-order valence-corrected chi connectivity index (χ0v) is 19.0. The SMILES string of the molecule is COc1c(O)cc(-c2coc3c(O)c(OC)c(O[C@H]4O[C@H](CO)[C@H](O)[C@@H](O)[C@H]4O)cc3c2=O)cc1O. The van der Waals surface area contributed by atoms with Gasteiger partial charge in [0.05, 0.1) is 31.8 Å². The maximum absolute atomic E-state index is 13.3. The molecule has 194 valence electrons. The molecule has 0 unspecified atom stereocenters. The number of hydrogen-bond acceptors (Lipinski definition) is 13. The van der Waals surface area contributed by atoms with Crippen LogP contribution in [-0.4, -0.2) is 87.3 Å². The van der Waals surface area contributed by atoms with Gasteiger partial charge >= 0.3 is 0 Å². The Morgan fingerprint density at radius 2 is 1.56 bits per heavy atom. The quantitative estimate of drug-likeness (QED) is 0.230. The molecule has 0 spiro atoms. The number of hydrogen-bond donors (Lipinski definition) is 7. The minimum absolute atomic E-state index is 0.0770. The lowest BCUT2D eigenvalue weighted by Crippen LogP contribution is -2.60. The Morgan fingerprint density at radius 3 is 2.14 bits per heavy atom. The van der Waals surface area contributed by atoms with Crippen LogP contribution in [0.5, 0.6) is 34.5 Å². The van der Waals surface area contributed by atoms with Crippen LogP contribution in [0, 0.1) is 0 Å². The van der Waals surface area contributed by atoms with Crippen LogP contribution in [0.2, 0.25) is 0 Å². The van der Waals surface area contributed by atoms with Gasteiger partial charge < -0.3 is 59.1 Å². The van der Waals surface area contributed by atoms with Gasteiger partial charge in [0.15, 0.2) is 22.8 Å². The molecule has 0 saturated carbocycles. The number of ether oxygens (including phenoxy) is 4. The van der Waals surface area contributed by atoms with Crippen molar-refractivity contribution in [1.82, 2.24) is 0 Å². The van der Waals surface area contributed by atoms with Gasteiger partial charge in [0.25, 0.3) is 0 Å². The predicted octanol–water partition coefficient (Wildman–Crippen LogP) is -0.227. The molecule has 2 heterocycles. The van der Waals surface area contributed by atoms with Crippen LogP contribution in [0.4, 0.5) is 0 Å². The summed E-state index contributed by atoms with van der Waals surface area (Å²) in [5, 5.41) is 70.3. The van der Waals surface area contributed by atoms with Crippen molar-refractivity contribution in [2.75, 3.05) is 20.8 Å². The van der Waals surface area contributed by atoms with Crippen LogP contribution in [0.3, 0.4) is 0 Å². The third kappa shape index (κ3) is 4.12. The second-order valence-corrected chi connectivity index (χ2v) is 7.97. The van der Waals surface area contributed by atoms with E-state index in [1.165, 1.54) is 26.4 Å². The van der Waals surface area contributed by atoms with Gasteiger partial charge in [0, 0.05) is 0 Å². The molecule has 5 atom stereocenters. The Labute approximate surface area is 202 Å². The van der Waals surface area contributed by atoms with Crippen molar-refractivity contribution in [3.8, 4) is 45.6 Å². The van der Waals surface area contributed by atoms with Gasteiger partial charge in [-0.3, -0.25) is 4.79 Å². The van der Waals surface area contributed by atoms with Gasteiger partial charge in [-0.25, -0.2) is 0 Å². The summed E-state index contributed by atoms with van der Waals surface area (Å²) in [6.07, 6.45) is -6.99. The first kappa shape index (κ1) is 25.3. The van der Waals surface area contributed by atoms with Crippen molar-refractivity contribution in [3.63, 3.8) is 0 Å². The van der Waals surface area contributed by atoms with Gasteiger partial charge in [-0.15, -0.1) is 0 Å². The predicted molar refractivity (Wildman–Crippen MR) is 120 cm³/mol. The van der Waals surface area contributed by atoms with Crippen molar-refractivity contribution in [2.45, 2.75) is 30.7 Å². The van der Waals surface area contributed by atoms with Crippen molar-refractivity contribution in [3.05, 3.63) is 34.7 Å². The van der Waals surface area contributed by atoms with Crippen LogP contribution >= 0.6 is 0 Å². The van der Waals surface area contributed by atoms with Crippen molar-refractivity contribution < 1.29 is 59.1 Å². The molecule has 0 bridgehead atoms. The van der Waals surface area contributed by atoms with E-state index in [1.54, 1.807) is 0 Å². The molecular formula is C23H24O13. The Bertz CT molecular complexity index is 1310. The Balaban J connectivity index is 1.82. The molecule has 0 amide bonds. The van der Waals surface area contributed by atoms with E-state index < -0.39 is 60.0 Å². The number of fused-ring (bicyclic) bond motifs is 1. The zero-order valence-electron chi connectivity index (χ0n) is 19.0. The van der Waals surface area contributed by atoms with Gasteiger partial charge in [-0.1, -0.05) is 0 Å². The summed E-state index contributed by atoms with van der Waals surface area (Å²) in [4.78, 5) is 13.3. The molecule has 13 nitrogen and oxygen atoms in total. The largest absolute Gasteiger partial charge is 0.504 e. The third-order valence-electron chi connectivity index (χ3n) is 5.82. The number of phenolic OH excluding ortho intramolecular Hbond substituents is 3. The van der Waals surface area contributed by atoms with Crippen molar-refractivity contribution in [2.24, 2.45) is 0 Å². The van der Waals surface area contributed by atoms with E-state index in [-0.39, 0.29) is 39.3 Å². The van der Waals surface area contributed by atoms with E-state index in [1.807, 2.05) is 0 Å². The highest BCUT2D eigenvalue weighted by molar-refractivity contribution is 5.90. The molecule has 4 rings (SSSR count). The molecule has 1 saturated heterocycles. The second-order valence-electron chi connectivity index (χ2n) is 7.97. The number of benzene rings is 2. The van der Waals surface area contributed by atoms with E-state index in [9.17, 15) is 40.5 Å². The summed E-state index contributed by atoms with van der Waals surface area (Å²) < 4.78 is 26.4. The molecule has 1 aromatic heterocycles.